The van der Waals surface area contributed by atoms with Gasteiger partial charge in [0.1, 0.15) is 19.0 Å². The molecule has 0 amide bonds. The number of anilines is 1. The molecule has 11 heteroatoms. The summed E-state index contributed by atoms with van der Waals surface area (Å²) in [5.74, 6) is 1.63. The van der Waals surface area contributed by atoms with E-state index < -0.39 is 0 Å². The zero-order valence-corrected chi connectivity index (χ0v) is 20.1. The summed E-state index contributed by atoms with van der Waals surface area (Å²) in [7, 11) is 1.67. The maximum atomic E-state index is 5.41. The maximum absolute atomic E-state index is 5.41. The molecule has 5 rings (SSSR count). The van der Waals surface area contributed by atoms with Crippen molar-refractivity contribution in [1.82, 2.24) is 34.2 Å². The molecule has 176 valence electrons. The number of hydrogen-bond acceptors (Lipinski definition) is 7. The van der Waals surface area contributed by atoms with Gasteiger partial charge >= 0.3 is 0 Å². The maximum Gasteiger partial charge on any atom is 0.179 e. The Labute approximate surface area is 205 Å². The average Bonchev–Trinajstić information content (AvgIpc) is 3.50. The lowest BCUT2D eigenvalue weighted by atomic mass is 10.2. The summed E-state index contributed by atoms with van der Waals surface area (Å²) in [4.78, 5) is 13.3. The Morgan fingerprint density at radius 2 is 1.76 bits per heavy atom. The standard InChI is InChI=1S/C22H26N8O.2ClH/c1-31-21-14-23-15-24-22(21)29-12-10-27(11-13-29)7-3-8-28-9-6-18-19(28)4-2-5-20(18)30-16-25-26-17-30;;/h2,4-6,9,14-17H,3,7-8,10-13H2,1H3;2*1H. The van der Waals surface area contributed by atoms with Crippen LogP contribution in [0.15, 0.2) is 55.6 Å². The van der Waals surface area contributed by atoms with Crippen LogP contribution in [0.4, 0.5) is 5.82 Å². The minimum Gasteiger partial charge on any atom is -0.491 e. The van der Waals surface area contributed by atoms with E-state index in [0.717, 1.165) is 62.9 Å². The van der Waals surface area contributed by atoms with Gasteiger partial charge in [0, 0.05) is 44.3 Å². The van der Waals surface area contributed by atoms with Crippen molar-refractivity contribution in [3.63, 3.8) is 0 Å². The van der Waals surface area contributed by atoms with Crippen molar-refractivity contribution in [2.24, 2.45) is 0 Å². The highest BCUT2D eigenvalue weighted by atomic mass is 35.5. The number of benzene rings is 1. The van der Waals surface area contributed by atoms with Crippen molar-refractivity contribution in [2.75, 3.05) is 44.7 Å². The highest BCUT2D eigenvalue weighted by molar-refractivity contribution is 5.88. The molecule has 0 N–H and O–H groups in total. The van der Waals surface area contributed by atoms with Crippen molar-refractivity contribution in [1.29, 1.82) is 0 Å². The third-order valence-electron chi connectivity index (χ3n) is 5.91. The predicted molar refractivity (Wildman–Crippen MR) is 133 cm³/mol. The lowest BCUT2D eigenvalue weighted by molar-refractivity contribution is 0.249. The molecule has 0 radical (unpaired) electrons. The summed E-state index contributed by atoms with van der Waals surface area (Å²) in [5, 5.41) is 9.08. The van der Waals surface area contributed by atoms with Gasteiger partial charge in [-0.3, -0.25) is 9.47 Å². The topological polar surface area (TPSA) is 77.1 Å². The molecule has 0 saturated carbocycles. The van der Waals surface area contributed by atoms with E-state index in [-0.39, 0.29) is 24.8 Å². The van der Waals surface area contributed by atoms with Gasteiger partial charge in [-0.1, -0.05) is 6.07 Å². The van der Waals surface area contributed by atoms with Crippen LogP contribution in [0.5, 0.6) is 5.75 Å². The molecular weight excluding hydrogens is 463 g/mol. The Balaban J connectivity index is 0.00000153. The number of hydrogen-bond donors (Lipinski definition) is 0. The van der Waals surface area contributed by atoms with Gasteiger partial charge in [0.15, 0.2) is 11.6 Å². The zero-order valence-electron chi connectivity index (χ0n) is 18.4. The average molecular weight is 491 g/mol. The first-order chi connectivity index (χ1) is 15.3. The molecule has 0 spiro atoms. The number of aromatic nitrogens is 6. The summed E-state index contributed by atoms with van der Waals surface area (Å²) in [6, 6.07) is 8.55. The van der Waals surface area contributed by atoms with Gasteiger partial charge in [-0.15, -0.1) is 35.0 Å². The zero-order chi connectivity index (χ0) is 21.0. The highest BCUT2D eigenvalue weighted by Gasteiger charge is 2.20. The number of nitrogens with zero attached hydrogens (tertiary/aromatic N) is 8. The van der Waals surface area contributed by atoms with E-state index in [0.29, 0.717) is 0 Å². The highest BCUT2D eigenvalue weighted by Crippen LogP contribution is 2.25. The quantitative estimate of drug-likeness (QED) is 0.393. The van der Waals surface area contributed by atoms with E-state index in [9.17, 15) is 0 Å². The van der Waals surface area contributed by atoms with Crippen LogP contribution in [0.25, 0.3) is 16.6 Å². The van der Waals surface area contributed by atoms with Crippen LogP contribution in [-0.2, 0) is 6.54 Å². The van der Waals surface area contributed by atoms with Crippen molar-refractivity contribution >= 4 is 41.5 Å². The Hall–Kier alpha value is -2.88. The van der Waals surface area contributed by atoms with Crippen LogP contribution in [-0.4, -0.2) is 74.0 Å². The van der Waals surface area contributed by atoms with E-state index in [4.69, 9.17) is 4.74 Å². The van der Waals surface area contributed by atoms with Crippen molar-refractivity contribution in [3.8, 4) is 11.4 Å². The summed E-state index contributed by atoms with van der Waals surface area (Å²) in [5.41, 5.74) is 2.35. The van der Waals surface area contributed by atoms with Crippen LogP contribution in [0.3, 0.4) is 0 Å². The third kappa shape index (κ3) is 5.21. The molecule has 1 aliphatic rings. The fraction of sp³-hybridized carbons (Fsp3) is 0.364. The first kappa shape index (κ1) is 24.8. The monoisotopic (exact) mass is 490 g/mol. The molecule has 0 unspecified atom stereocenters. The fourth-order valence-electron chi connectivity index (χ4n) is 4.29. The van der Waals surface area contributed by atoms with Gasteiger partial charge in [0.2, 0.25) is 0 Å². The molecule has 0 bridgehead atoms. The van der Waals surface area contributed by atoms with Gasteiger partial charge in [-0.05, 0) is 31.2 Å². The normalized spacial score (nSPS) is 14.0. The molecular formula is C22H28Cl2N8O. The lowest BCUT2D eigenvalue weighted by Gasteiger charge is -2.35. The molecule has 3 aromatic heterocycles. The molecule has 1 aromatic carbocycles. The number of methoxy groups -OCH3 is 1. The Morgan fingerprint density at radius 3 is 2.52 bits per heavy atom. The van der Waals surface area contributed by atoms with E-state index in [1.807, 2.05) is 4.57 Å². The summed E-state index contributed by atoms with van der Waals surface area (Å²) in [6.07, 6.45) is 10.1. The largest absolute Gasteiger partial charge is 0.491 e. The lowest BCUT2D eigenvalue weighted by Crippen LogP contribution is -2.47. The molecule has 1 saturated heterocycles. The second kappa shape index (κ2) is 11.3. The molecule has 33 heavy (non-hydrogen) atoms. The number of aryl methyl sites for hydroxylation is 1. The van der Waals surface area contributed by atoms with Gasteiger partial charge in [0.25, 0.3) is 0 Å². The van der Waals surface area contributed by atoms with Crippen LogP contribution < -0.4 is 9.64 Å². The molecule has 1 fully saturated rings. The number of piperazine rings is 1. The van der Waals surface area contributed by atoms with Crippen LogP contribution in [0, 0.1) is 0 Å². The van der Waals surface area contributed by atoms with Crippen LogP contribution in [0.1, 0.15) is 6.42 Å². The molecule has 1 aliphatic heterocycles. The molecule has 4 heterocycles. The summed E-state index contributed by atoms with van der Waals surface area (Å²) in [6.45, 7) is 6.02. The second-order valence-corrected chi connectivity index (χ2v) is 7.69. The van der Waals surface area contributed by atoms with Gasteiger partial charge < -0.3 is 14.2 Å². The first-order valence-corrected chi connectivity index (χ1v) is 10.6. The molecule has 0 aliphatic carbocycles. The van der Waals surface area contributed by atoms with Crippen molar-refractivity contribution in [2.45, 2.75) is 13.0 Å². The van der Waals surface area contributed by atoms with Gasteiger partial charge in [-0.2, -0.15) is 0 Å². The first-order valence-electron chi connectivity index (χ1n) is 10.6. The van der Waals surface area contributed by atoms with Crippen molar-refractivity contribution < 1.29 is 4.74 Å². The molecule has 0 atom stereocenters. The Kier molecular flexibility index (Phi) is 8.49. The number of ether oxygens (including phenoxy) is 1. The third-order valence-corrected chi connectivity index (χ3v) is 5.91. The van der Waals surface area contributed by atoms with E-state index in [1.165, 1.54) is 10.9 Å². The Bertz CT molecular complexity index is 1140. The van der Waals surface area contributed by atoms with Crippen molar-refractivity contribution in [3.05, 3.63) is 55.6 Å². The number of halogens is 2. The summed E-state index contributed by atoms with van der Waals surface area (Å²) < 4.78 is 9.70. The fourth-order valence-corrected chi connectivity index (χ4v) is 4.29. The predicted octanol–water partition coefficient (Wildman–Crippen LogP) is 3.08. The molecule has 9 nitrogen and oxygen atoms in total. The SMILES string of the molecule is COc1cncnc1N1CCN(CCCn2ccc3c(-n4cnnc4)cccc32)CC1.Cl.Cl. The number of rotatable bonds is 7. The smallest absolute Gasteiger partial charge is 0.179 e. The second-order valence-electron chi connectivity index (χ2n) is 7.69. The minimum atomic E-state index is 0. The van der Waals surface area contributed by atoms with E-state index in [2.05, 4.69) is 65.0 Å². The number of fused-ring (bicyclic) bond motifs is 1. The minimum absolute atomic E-state index is 0. The Morgan fingerprint density at radius 1 is 0.970 bits per heavy atom. The van der Waals surface area contributed by atoms with E-state index >= 15 is 0 Å². The summed E-state index contributed by atoms with van der Waals surface area (Å²) >= 11 is 0. The van der Waals surface area contributed by atoms with Gasteiger partial charge in [0.05, 0.1) is 24.5 Å². The van der Waals surface area contributed by atoms with Gasteiger partial charge in [-0.25, -0.2) is 9.97 Å². The van der Waals surface area contributed by atoms with Crippen LogP contribution >= 0.6 is 24.8 Å². The molecule has 4 aromatic rings. The van der Waals surface area contributed by atoms with E-state index in [1.54, 1.807) is 32.3 Å². The van der Waals surface area contributed by atoms with Crippen LogP contribution in [0.2, 0.25) is 0 Å².